The molecule has 3 N–H and O–H groups in total. The van der Waals surface area contributed by atoms with Crippen LogP contribution < -0.4 is 20.7 Å². The summed E-state index contributed by atoms with van der Waals surface area (Å²) in [7, 11) is 1.56. The lowest BCUT2D eigenvalue weighted by atomic mass is 9.96. The van der Waals surface area contributed by atoms with E-state index in [0.29, 0.717) is 33.1 Å². The van der Waals surface area contributed by atoms with Crippen LogP contribution in [-0.2, 0) is 22.4 Å². The van der Waals surface area contributed by atoms with E-state index in [9.17, 15) is 19.6 Å². The summed E-state index contributed by atoms with van der Waals surface area (Å²) >= 11 is 2.82. The third-order valence-corrected chi connectivity index (χ3v) is 9.13. The van der Waals surface area contributed by atoms with Crippen molar-refractivity contribution in [1.82, 2.24) is 5.32 Å². The van der Waals surface area contributed by atoms with E-state index in [4.69, 9.17) is 4.74 Å². The Hall–Kier alpha value is -4.85. The molecule has 10 heteroatoms. The van der Waals surface area contributed by atoms with Crippen molar-refractivity contribution in [3.63, 3.8) is 0 Å². The Morgan fingerprint density at radius 3 is 2.57 bits per heavy atom. The normalized spacial score (nSPS) is 12.4. The van der Waals surface area contributed by atoms with Gasteiger partial charge in [0, 0.05) is 21.0 Å². The Morgan fingerprint density at radius 1 is 0.977 bits per heavy atom. The largest absolute Gasteiger partial charge is 0.497 e. The lowest BCUT2D eigenvalue weighted by molar-refractivity contribution is -0.114. The van der Waals surface area contributed by atoms with E-state index in [-0.39, 0.29) is 17.4 Å². The number of ether oxygens (including phenoxy) is 1. The van der Waals surface area contributed by atoms with Crippen molar-refractivity contribution in [3.8, 4) is 11.8 Å². The first kappa shape index (κ1) is 30.6. The highest BCUT2D eigenvalue weighted by molar-refractivity contribution is 8.00. The lowest BCUT2D eigenvalue weighted by Gasteiger charge is -2.12. The van der Waals surface area contributed by atoms with E-state index in [2.05, 4.69) is 22.0 Å². The van der Waals surface area contributed by atoms with Crippen LogP contribution in [0.4, 0.5) is 10.7 Å². The molecule has 1 heterocycles. The minimum absolute atomic E-state index is 0.0523. The molecule has 5 rings (SSSR count). The standard InChI is InChI=1S/C34H30N4O4S2/c1-42-25-13-7-9-22(17-25)18-29(37-32(40)23-10-3-2-4-11-23)33(41)36-24-12-8-14-26(19-24)43-21-31(39)38-34-28(20-35)27-15-5-6-16-30(27)44-34/h2-4,7-14,17-19H,5-6,15-16,21H2,1H3,(H,36,41)(H,37,40)(H,38,39)/b29-18-. The maximum absolute atomic E-state index is 13.4. The second kappa shape index (κ2) is 14.6. The molecule has 8 nitrogen and oxygen atoms in total. The van der Waals surface area contributed by atoms with Gasteiger partial charge in [-0.05, 0) is 85.4 Å². The molecule has 1 aromatic heterocycles. The quantitative estimate of drug-likeness (QED) is 0.135. The zero-order chi connectivity index (χ0) is 30.9. The Balaban J connectivity index is 1.26. The molecule has 1 aliphatic carbocycles. The van der Waals surface area contributed by atoms with Gasteiger partial charge in [0.2, 0.25) is 5.91 Å². The molecular weight excluding hydrogens is 593 g/mol. The zero-order valence-corrected chi connectivity index (χ0v) is 25.6. The first-order valence-corrected chi connectivity index (χ1v) is 15.8. The minimum atomic E-state index is -0.511. The van der Waals surface area contributed by atoms with Crippen molar-refractivity contribution in [2.24, 2.45) is 0 Å². The Morgan fingerprint density at radius 2 is 1.77 bits per heavy atom. The number of carbonyl (C=O) groups excluding carboxylic acids is 3. The number of rotatable bonds is 10. The van der Waals surface area contributed by atoms with Gasteiger partial charge in [-0.1, -0.05) is 36.4 Å². The number of benzene rings is 3. The summed E-state index contributed by atoms with van der Waals surface area (Å²) in [5.41, 5.74) is 3.31. The number of hydrogen-bond donors (Lipinski definition) is 3. The van der Waals surface area contributed by atoms with E-state index in [1.807, 2.05) is 12.1 Å². The molecule has 4 aromatic rings. The van der Waals surface area contributed by atoms with Crippen molar-refractivity contribution >= 4 is 57.6 Å². The number of methoxy groups -OCH3 is 1. The summed E-state index contributed by atoms with van der Waals surface area (Å²) in [6.45, 7) is 0. The Kier molecular flexibility index (Phi) is 10.1. The monoisotopic (exact) mass is 622 g/mol. The molecule has 0 unspecified atom stereocenters. The Bertz CT molecular complexity index is 1760. The van der Waals surface area contributed by atoms with Gasteiger partial charge in [0.15, 0.2) is 0 Å². The lowest BCUT2D eigenvalue weighted by Crippen LogP contribution is -2.30. The van der Waals surface area contributed by atoms with Gasteiger partial charge in [-0.2, -0.15) is 5.26 Å². The molecule has 0 fully saturated rings. The van der Waals surface area contributed by atoms with Crippen molar-refractivity contribution in [2.75, 3.05) is 23.5 Å². The number of nitrogens with one attached hydrogen (secondary N) is 3. The molecule has 44 heavy (non-hydrogen) atoms. The van der Waals surface area contributed by atoms with Crippen molar-refractivity contribution in [2.45, 2.75) is 30.6 Å². The van der Waals surface area contributed by atoms with Crippen molar-refractivity contribution < 1.29 is 19.1 Å². The summed E-state index contributed by atoms with van der Waals surface area (Å²) in [5, 5.41) is 18.8. The smallest absolute Gasteiger partial charge is 0.272 e. The molecule has 222 valence electrons. The van der Waals surface area contributed by atoms with Gasteiger partial charge in [-0.3, -0.25) is 14.4 Å². The molecular formula is C34H30N4O4S2. The van der Waals surface area contributed by atoms with Crippen LogP contribution in [0, 0.1) is 11.3 Å². The number of anilines is 2. The fourth-order valence-corrected chi connectivity index (χ4v) is 6.80. The predicted octanol–water partition coefficient (Wildman–Crippen LogP) is 6.65. The molecule has 3 amide bonds. The van der Waals surface area contributed by atoms with Crippen molar-refractivity contribution in [1.29, 1.82) is 5.26 Å². The summed E-state index contributed by atoms with van der Waals surface area (Å²) in [5.74, 6) is -0.381. The third kappa shape index (κ3) is 7.75. The van der Waals surface area contributed by atoms with Crippen LogP contribution in [0.2, 0.25) is 0 Å². The van der Waals surface area contributed by atoms with E-state index in [0.717, 1.165) is 36.1 Å². The minimum Gasteiger partial charge on any atom is -0.497 e. The number of aryl methyl sites for hydroxylation is 1. The molecule has 0 saturated carbocycles. The van der Waals surface area contributed by atoms with Crippen LogP contribution in [-0.4, -0.2) is 30.6 Å². The molecule has 0 bridgehead atoms. The SMILES string of the molecule is COc1cccc(/C=C(\NC(=O)c2ccccc2)C(=O)Nc2cccc(SCC(=O)Nc3sc4c(c3C#N)CCCC4)c2)c1. The maximum atomic E-state index is 13.4. The average molecular weight is 623 g/mol. The fourth-order valence-electron chi connectivity index (χ4n) is 4.79. The second-order valence-corrected chi connectivity index (χ2v) is 12.2. The summed E-state index contributed by atoms with van der Waals surface area (Å²) in [4.78, 5) is 41.1. The number of thioether (sulfide) groups is 1. The fraction of sp³-hybridized carbons (Fsp3) is 0.176. The van der Waals surface area contributed by atoms with E-state index in [1.54, 1.807) is 79.9 Å². The van der Waals surface area contributed by atoms with Gasteiger partial charge in [0.05, 0.1) is 18.4 Å². The summed E-state index contributed by atoms with van der Waals surface area (Å²) < 4.78 is 5.30. The molecule has 0 saturated heterocycles. The van der Waals surface area contributed by atoms with Crippen LogP contribution in [0.25, 0.3) is 6.08 Å². The Labute approximate surface area is 264 Å². The highest BCUT2D eigenvalue weighted by Gasteiger charge is 2.22. The van der Waals surface area contributed by atoms with Gasteiger partial charge >= 0.3 is 0 Å². The van der Waals surface area contributed by atoms with Crippen LogP contribution in [0.5, 0.6) is 5.75 Å². The van der Waals surface area contributed by atoms with Crippen molar-refractivity contribution in [3.05, 3.63) is 112 Å². The summed E-state index contributed by atoms with van der Waals surface area (Å²) in [6, 6.07) is 25.2. The van der Waals surface area contributed by atoms with Crippen LogP contribution in [0.1, 0.15) is 44.8 Å². The first-order valence-electron chi connectivity index (χ1n) is 14.0. The van der Waals surface area contributed by atoms with Crippen LogP contribution >= 0.6 is 23.1 Å². The van der Waals surface area contributed by atoms with Crippen LogP contribution in [0.3, 0.4) is 0 Å². The van der Waals surface area contributed by atoms with E-state index >= 15 is 0 Å². The predicted molar refractivity (Wildman–Crippen MR) is 175 cm³/mol. The van der Waals surface area contributed by atoms with Crippen LogP contribution in [0.15, 0.2) is 89.5 Å². The number of fused-ring (bicyclic) bond motifs is 1. The zero-order valence-electron chi connectivity index (χ0n) is 24.0. The highest BCUT2D eigenvalue weighted by Crippen LogP contribution is 2.37. The van der Waals surface area contributed by atoms with E-state index < -0.39 is 11.8 Å². The molecule has 0 atom stereocenters. The van der Waals surface area contributed by atoms with Gasteiger partial charge < -0.3 is 20.7 Å². The third-order valence-electron chi connectivity index (χ3n) is 6.93. The van der Waals surface area contributed by atoms with Gasteiger partial charge in [-0.25, -0.2) is 0 Å². The van der Waals surface area contributed by atoms with E-state index in [1.165, 1.54) is 28.0 Å². The molecule has 0 aliphatic heterocycles. The number of thiophene rings is 1. The summed E-state index contributed by atoms with van der Waals surface area (Å²) in [6.07, 6.45) is 5.58. The average Bonchev–Trinajstić information content (AvgIpc) is 3.40. The molecule has 1 aliphatic rings. The number of nitrogens with zero attached hydrogens (tertiary/aromatic N) is 1. The highest BCUT2D eigenvalue weighted by atomic mass is 32.2. The topological polar surface area (TPSA) is 120 Å². The van der Waals surface area contributed by atoms with Gasteiger partial charge in [0.1, 0.15) is 22.5 Å². The number of nitriles is 1. The molecule has 3 aromatic carbocycles. The first-order chi connectivity index (χ1) is 21.4. The van der Waals surface area contributed by atoms with Gasteiger partial charge in [0.25, 0.3) is 11.8 Å². The second-order valence-electron chi connectivity index (χ2n) is 10.0. The maximum Gasteiger partial charge on any atom is 0.272 e. The number of carbonyl (C=O) groups is 3. The number of amides is 3. The van der Waals surface area contributed by atoms with Gasteiger partial charge in [-0.15, -0.1) is 23.1 Å². The number of hydrogen-bond acceptors (Lipinski definition) is 7. The molecule has 0 radical (unpaired) electrons. The molecule has 0 spiro atoms.